The molecule has 1 aliphatic carbocycles. The van der Waals surface area contributed by atoms with Crippen LogP contribution in [-0.2, 0) is 0 Å². The second kappa shape index (κ2) is 15.2. The van der Waals surface area contributed by atoms with Gasteiger partial charge >= 0.3 is 0 Å². The number of halogens is 1. The first-order chi connectivity index (χ1) is 12.7. The first-order valence-electron chi connectivity index (χ1n) is 11.1. The third-order valence-electron chi connectivity index (χ3n) is 5.54. The monoisotopic (exact) mass is 363 g/mol. The molecule has 3 atom stereocenters. The lowest BCUT2D eigenvalue weighted by molar-refractivity contribution is 0.295. The number of unbranched alkanes of at least 4 members (excludes halogenated alkanes) is 6. The first-order valence-corrected chi connectivity index (χ1v) is 11.1. The number of allylic oxidation sites excluding steroid dienone is 6. The van der Waals surface area contributed by atoms with Gasteiger partial charge in [0.25, 0.3) is 0 Å². The number of hydrogen-bond donors (Lipinski definition) is 1. The summed E-state index contributed by atoms with van der Waals surface area (Å²) < 4.78 is 13.2. The normalized spacial score (nSPS) is 21.3. The van der Waals surface area contributed by atoms with Gasteiger partial charge in [0.2, 0.25) is 0 Å². The van der Waals surface area contributed by atoms with Gasteiger partial charge in [0.05, 0.1) is 6.17 Å². The van der Waals surface area contributed by atoms with Crippen molar-refractivity contribution >= 4 is 0 Å². The zero-order valence-corrected chi connectivity index (χ0v) is 17.3. The van der Waals surface area contributed by atoms with Gasteiger partial charge in [-0.25, -0.2) is 4.39 Å². The molecular formula is C24H42FN. The quantitative estimate of drug-likeness (QED) is 0.240. The van der Waals surface area contributed by atoms with E-state index >= 15 is 0 Å². The summed E-state index contributed by atoms with van der Waals surface area (Å²) in [6, 6.07) is 0. The van der Waals surface area contributed by atoms with Crippen molar-refractivity contribution in [1.29, 1.82) is 0 Å². The van der Waals surface area contributed by atoms with Gasteiger partial charge in [0.15, 0.2) is 0 Å². The van der Waals surface area contributed by atoms with Crippen LogP contribution in [-0.4, -0.2) is 12.7 Å². The SMILES string of the molecule is C/C=C\C1C=C(CCCCCCN)C=CC1CCCCCCC(F)CC. The predicted octanol–water partition coefficient (Wildman–Crippen LogP) is 7.29. The lowest BCUT2D eigenvalue weighted by atomic mass is 9.81. The summed E-state index contributed by atoms with van der Waals surface area (Å²) >= 11 is 0. The molecule has 0 aromatic heterocycles. The van der Waals surface area contributed by atoms with E-state index in [1.165, 1.54) is 56.9 Å². The number of rotatable bonds is 15. The summed E-state index contributed by atoms with van der Waals surface area (Å²) in [5.74, 6) is 1.19. The molecule has 3 unspecified atom stereocenters. The van der Waals surface area contributed by atoms with Crippen LogP contribution >= 0.6 is 0 Å². The molecule has 150 valence electrons. The van der Waals surface area contributed by atoms with Crippen molar-refractivity contribution < 1.29 is 4.39 Å². The van der Waals surface area contributed by atoms with Crippen molar-refractivity contribution in [3.63, 3.8) is 0 Å². The van der Waals surface area contributed by atoms with Crippen molar-refractivity contribution in [3.05, 3.63) is 36.0 Å². The maximum atomic E-state index is 13.2. The molecule has 0 heterocycles. The third-order valence-corrected chi connectivity index (χ3v) is 5.54. The van der Waals surface area contributed by atoms with Crippen LogP contribution in [0.25, 0.3) is 0 Å². The van der Waals surface area contributed by atoms with E-state index in [1.807, 2.05) is 6.92 Å². The zero-order valence-electron chi connectivity index (χ0n) is 17.3. The summed E-state index contributed by atoms with van der Waals surface area (Å²) in [4.78, 5) is 0. The van der Waals surface area contributed by atoms with Crippen LogP contribution in [0.3, 0.4) is 0 Å². The molecule has 0 spiro atoms. The molecule has 0 radical (unpaired) electrons. The average Bonchev–Trinajstić information content (AvgIpc) is 2.65. The fourth-order valence-corrected chi connectivity index (χ4v) is 3.81. The van der Waals surface area contributed by atoms with Crippen LogP contribution in [0.4, 0.5) is 4.39 Å². The smallest absolute Gasteiger partial charge is 0.0999 e. The zero-order chi connectivity index (χ0) is 19.0. The minimum Gasteiger partial charge on any atom is -0.330 e. The summed E-state index contributed by atoms with van der Waals surface area (Å²) in [6.07, 6.45) is 24.8. The maximum absolute atomic E-state index is 13.2. The Morgan fingerprint density at radius 2 is 1.81 bits per heavy atom. The summed E-state index contributed by atoms with van der Waals surface area (Å²) in [5, 5.41) is 0. The Balaban J connectivity index is 2.28. The maximum Gasteiger partial charge on any atom is 0.0999 e. The van der Waals surface area contributed by atoms with Gasteiger partial charge < -0.3 is 5.73 Å². The van der Waals surface area contributed by atoms with E-state index in [2.05, 4.69) is 37.3 Å². The van der Waals surface area contributed by atoms with E-state index in [1.54, 1.807) is 0 Å². The highest BCUT2D eigenvalue weighted by Gasteiger charge is 2.18. The number of alkyl halides is 1. The molecule has 0 aliphatic heterocycles. The molecule has 0 aromatic carbocycles. The standard InChI is InChI=1S/C24H42FN/c1-3-13-23-20-21(14-9-7-8-12-19-26)17-18-22(23)15-10-5-6-11-16-24(25)4-2/h3,13,17-18,20,22-24H,4-12,14-16,19,26H2,1-2H3/b13-3-. The van der Waals surface area contributed by atoms with Crippen LogP contribution in [0.2, 0.25) is 0 Å². The lowest BCUT2D eigenvalue weighted by Crippen LogP contribution is -2.12. The fraction of sp³-hybridized carbons (Fsp3) is 0.750. The Labute approximate surface area is 162 Å². The highest BCUT2D eigenvalue weighted by molar-refractivity contribution is 5.28. The lowest BCUT2D eigenvalue weighted by Gasteiger charge is -2.24. The van der Waals surface area contributed by atoms with Gasteiger partial charge in [-0.2, -0.15) is 0 Å². The predicted molar refractivity (Wildman–Crippen MR) is 114 cm³/mol. The Hall–Kier alpha value is -0.890. The van der Waals surface area contributed by atoms with E-state index in [9.17, 15) is 4.39 Å². The molecule has 0 aromatic rings. The van der Waals surface area contributed by atoms with Gasteiger partial charge in [0.1, 0.15) is 0 Å². The molecule has 26 heavy (non-hydrogen) atoms. The molecule has 2 N–H and O–H groups in total. The van der Waals surface area contributed by atoms with Crippen molar-refractivity contribution in [3.8, 4) is 0 Å². The van der Waals surface area contributed by atoms with Crippen LogP contribution < -0.4 is 5.73 Å². The highest BCUT2D eigenvalue weighted by Crippen LogP contribution is 2.30. The van der Waals surface area contributed by atoms with Gasteiger partial charge in [0, 0.05) is 5.92 Å². The number of hydrogen-bond acceptors (Lipinski definition) is 1. The molecule has 0 saturated carbocycles. The first kappa shape index (κ1) is 23.1. The van der Waals surface area contributed by atoms with Gasteiger partial charge in [-0.1, -0.05) is 81.4 Å². The fourth-order valence-electron chi connectivity index (χ4n) is 3.81. The second-order valence-corrected chi connectivity index (χ2v) is 7.82. The van der Waals surface area contributed by atoms with Crippen molar-refractivity contribution in [2.45, 2.75) is 97.1 Å². The second-order valence-electron chi connectivity index (χ2n) is 7.82. The van der Waals surface area contributed by atoms with E-state index in [0.717, 1.165) is 25.8 Å². The van der Waals surface area contributed by atoms with Crippen molar-refractivity contribution in [2.24, 2.45) is 17.6 Å². The van der Waals surface area contributed by atoms with Crippen LogP contribution in [0.15, 0.2) is 36.0 Å². The van der Waals surface area contributed by atoms with Crippen LogP contribution in [0.5, 0.6) is 0 Å². The molecule has 0 amide bonds. The van der Waals surface area contributed by atoms with Crippen molar-refractivity contribution in [2.75, 3.05) is 6.54 Å². The Kier molecular flexibility index (Phi) is 13.5. The minimum atomic E-state index is -0.589. The van der Waals surface area contributed by atoms with Crippen LogP contribution in [0.1, 0.15) is 90.9 Å². The molecule has 0 bridgehead atoms. The van der Waals surface area contributed by atoms with Gasteiger partial charge in [-0.3, -0.25) is 0 Å². The Bertz CT molecular complexity index is 424. The molecule has 2 heteroatoms. The topological polar surface area (TPSA) is 26.0 Å². The summed E-state index contributed by atoms with van der Waals surface area (Å²) in [6.45, 7) is 4.88. The molecule has 0 fully saturated rings. The van der Waals surface area contributed by atoms with Gasteiger partial charge in [-0.15, -0.1) is 0 Å². The van der Waals surface area contributed by atoms with E-state index < -0.39 is 6.17 Å². The molecule has 1 nitrogen and oxygen atoms in total. The Morgan fingerprint density at radius 3 is 2.54 bits per heavy atom. The van der Waals surface area contributed by atoms with Gasteiger partial charge in [-0.05, 0) is 57.9 Å². The van der Waals surface area contributed by atoms with Crippen LogP contribution in [0, 0.1) is 11.8 Å². The molecular weight excluding hydrogens is 321 g/mol. The third kappa shape index (κ3) is 10.3. The van der Waals surface area contributed by atoms with E-state index in [4.69, 9.17) is 5.73 Å². The minimum absolute atomic E-state index is 0.555. The summed E-state index contributed by atoms with van der Waals surface area (Å²) in [5.41, 5.74) is 7.07. The molecule has 1 rings (SSSR count). The van der Waals surface area contributed by atoms with E-state index in [0.29, 0.717) is 18.3 Å². The largest absolute Gasteiger partial charge is 0.330 e. The highest BCUT2D eigenvalue weighted by atomic mass is 19.1. The average molecular weight is 364 g/mol. The Morgan fingerprint density at radius 1 is 1.08 bits per heavy atom. The van der Waals surface area contributed by atoms with Crippen molar-refractivity contribution in [1.82, 2.24) is 0 Å². The summed E-state index contributed by atoms with van der Waals surface area (Å²) in [7, 11) is 0. The molecule has 1 aliphatic rings. The van der Waals surface area contributed by atoms with E-state index in [-0.39, 0.29) is 0 Å². The number of nitrogens with two attached hydrogens (primary N) is 1. The molecule has 0 saturated heterocycles.